The lowest BCUT2D eigenvalue weighted by atomic mass is 10.1. The number of hydrogen-bond acceptors (Lipinski definition) is 2. The summed E-state index contributed by atoms with van der Waals surface area (Å²) < 4.78 is 0. The molecule has 16 heavy (non-hydrogen) atoms. The van der Waals surface area contributed by atoms with Gasteiger partial charge in [-0.2, -0.15) is 0 Å². The van der Waals surface area contributed by atoms with Crippen LogP contribution in [0.3, 0.4) is 0 Å². The average Bonchev–Trinajstić information content (AvgIpc) is 2.79. The second-order valence-electron chi connectivity index (χ2n) is 4.72. The monoisotopic (exact) mass is 221 g/mol. The molecule has 2 heterocycles. The van der Waals surface area contributed by atoms with Crippen LogP contribution in [0.1, 0.15) is 51.1 Å². The highest BCUT2D eigenvalue weighted by molar-refractivity contribution is 5.31. The van der Waals surface area contributed by atoms with E-state index in [1.54, 1.807) is 0 Å². The van der Waals surface area contributed by atoms with Crippen molar-refractivity contribution in [2.24, 2.45) is 0 Å². The van der Waals surface area contributed by atoms with E-state index in [2.05, 4.69) is 28.0 Å². The Hall–Kier alpha value is -0.990. The highest BCUT2D eigenvalue weighted by Crippen LogP contribution is 2.16. The van der Waals surface area contributed by atoms with Gasteiger partial charge in [-0.25, -0.2) is 4.98 Å². The molecule has 1 saturated heterocycles. The Balaban J connectivity index is 1.85. The molecule has 0 aromatic carbocycles. The van der Waals surface area contributed by atoms with Crippen molar-refractivity contribution in [2.45, 2.75) is 51.9 Å². The molecule has 3 nitrogen and oxygen atoms in total. The standard InChI is InChI=1S/C13H23N3/c1-2-3-5-8-12-11-14-13(15-12)16-9-6-4-7-10-16/h11H,2-10H2,1H3,(H,14,15). The van der Waals surface area contributed by atoms with Gasteiger partial charge in [-0.15, -0.1) is 0 Å². The molecule has 0 amide bonds. The van der Waals surface area contributed by atoms with E-state index in [1.807, 2.05) is 0 Å². The molecule has 0 atom stereocenters. The Labute approximate surface area is 98.3 Å². The maximum absolute atomic E-state index is 4.68. The number of aromatic nitrogens is 2. The molecule has 0 unspecified atom stereocenters. The first-order chi connectivity index (χ1) is 7.90. The Morgan fingerprint density at radius 2 is 2.06 bits per heavy atom. The summed E-state index contributed by atoms with van der Waals surface area (Å²) in [7, 11) is 0. The van der Waals surface area contributed by atoms with Crippen molar-refractivity contribution < 1.29 is 0 Å². The summed E-state index contributed by atoms with van der Waals surface area (Å²) in [5.74, 6) is 1.09. The summed E-state index contributed by atoms with van der Waals surface area (Å²) in [6.07, 6.45) is 11.1. The molecule has 0 saturated carbocycles. The fourth-order valence-electron chi connectivity index (χ4n) is 2.30. The molecule has 3 heteroatoms. The van der Waals surface area contributed by atoms with Gasteiger partial charge in [-0.3, -0.25) is 0 Å². The van der Waals surface area contributed by atoms with Crippen LogP contribution in [-0.4, -0.2) is 23.1 Å². The van der Waals surface area contributed by atoms with Crippen molar-refractivity contribution in [3.05, 3.63) is 11.9 Å². The third-order valence-electron chi connectivity index (χ3n) is 3.31. The summed E-state index contributed by atoms with van der Waals surface area (Å²) >= 11 is 0. The molecule has 90 valence electrons. The number of imidazole rings is 1. The predicted octanol–water partition coefficient (Wildman–Crippen LogP) is 3.13. The second-order valence-corrected chi connectivity index (χ2v) is 4.72. The van der Waals surface area contributed by atoms with Crippen LogP contribution in [0.2, 0.25) is 0 Å². The van der Waals surface area contributed by atoms with Crippen LogP contribution in [0.5, 0.6) is 0 Å². The Kier molecular flexibility index (Phi) is 4.25. The molecule has 1 fully saturated rings. The van der Waals surface area contributed by atoms with Gasteiger partial charge in [-0.05, 0) is 32.1 Å². The van der Waals surface area contributed by atoms with Gasteiger partial charge in [-0.1, -0.05) is 19.8 Å². The van der Waals surface area contributed by atoms with Crippen molar-refractivity contribution >= 4 is 5.95 Å². The first-order valence-corrected chi connectivity index (χ1v) is 6.69. The van der Waals surface area contributed by atoms with Crippen molar-refractivity contribution in [3.8, 4) is 0 Å². The summed E-state index contributed by atoms with van der Waals surface area (Å²) in [6, 6.07) is 0. The van der Waals surface area contributed by atoms with Crippen molar-refractivity contribution in [1.29, 1.82) is 0 Å². The van der Waals surface area contributed by atoms with Crippen LogP contribution in [-0.2, 0) is 6.42 Å². The fourth-order valence-corrected chi connectivity index (χ4v) is 2.30. The number of anilines is 1. The zero-order chi connectivity index (χ0) is 11.2. The molecule has 2 rings (SSSR count). The number of nitrogens with zero attached hydrogens (tertiary/aromatic N) is 2. The predicted molar refractivity (Wildman–Crippen MR) is 67.9 cm³/mol. The fraction of sp³-hybridized carbons (Fsp3) is 0.769. The minimum absolute atomic E-state index is 1.09. The van der Waals surface area contributed by atoms with Gasteiger partial charge in [0.15, 0.2) is 0 Å². The zero-order valence-corrected chi connectivity index (χ0v) is 10.3. The normalized spacial score (nSPS) is 16.7. The highest BCUT2D eigenvalue weighted by atomic mass is 15.3. The van der Waals surface area contributed by atoms with Crippen molar-refractivity contribution in [1.82, 2.24) is 9.97 Å². The van der Waals surface area contributed by atoms with E-state index in [1.165, 1.54) is 57.3 Å². The first-order valence-electron chi connectivity index (χ1n) is 6.69. The van der Waals surface area contributed by atoms with Gasteiger partial charge < -0.3 is 9.88 Å². The maximum atomic E-state index is 4.68. The number of nitrogens with one attached hydrogen (secondary N) is 1. The van der Waals surface area contributed by atoms with Crippen LogP contribution >= 0.6 is 0 Å². The molecule has 1 aliphatic heterocycles. The summed E-state index contributed by atoms with van der Waals surface area (Å²) in [4.78, 5) is 10.4. The smallest absolute Gasteiger partial charge is 0.203 e. The second kappa shape index (κ2) is 5.92. The van der Waals surface area contributed by atoms with Gasteiger partial charge in [0.05, 0.1) is 5.69 Å². The minimum atomic E-state index is 1.09. The quantitative estimate of drug-likeness (QED) is 0.775. The van der Waals surface area contributed by atoms with Crippen LogP contribution in [0.25, 0.3) is 0 Å². The summed E-state index contributed by atoms with van der Waals surface area (Å²) in [5, 5.41) is 0. The summed E-state index contributed by atoms with van der Waals surface area (Å²) in [6.45, 7) is 4.58. The molecule has 0 aliphatic carbocycles. The molecular weight excluding hydrogens is 198 g/mol. The molecule has 0 spiro atoms. The lowest BCUT2D eigenvalue weighted by Gasteiger charge is -2.25. The molecule has 1 aliphatic rings. The molecule has 1 aromatic heterocycles. The van der Waals surface area contributed by atoms with E-state index in [9.17, 15) is 0 Å². The van der Waals surface area contributed by atoms with Gasteiger partial charge in [0.2, 0.25) is 5.95 Å². The van der Waals surface area contributed by atoms with Crippen molar-refractivity contribution in [3.63, 3.8) is 0 Å². The number of piperidine rings is 1. The average molecular weight is 221 g/mol. The molecule has 1 N–H and O–H groups in total. The Bertz CT molecular complexity index is 300. The van der Waals surface area contributed by atoms with E-state index in [0.717, 1.165) is 12.4 Å². The lowest BCUT2D eigenvalue weighted by molar-refractivity contribution is 0.569. The van der Waals surface area contributed by atoms with E-state index in [-0.39, 0.29) is 0 Å². The van der Waals surface area contributed by atoms with Crippen molar-refractivity contribution in [2.75, 3.05) is 18.0 Å². The number of rotatable bonds is 5. The lowest BCUT2D eigenvalue weighted by Crippen LogP contribution is -2.30. The third-order valence-corrected chi connectivity index (χ3v) is 3.31. The van der Waals surface area contributed by atoms with E-state index in [0.29, 0.717) is 0 Å². The number of H-pyrrole nitrogens is 1. The van der Waals surface area contributed by atoms with Crippen LogP contribution in [0.15, 0.2) is 6.20 Å². The zero-order valence-electron chi connectivity index (χ0n) is 10.3. The SMILES string of the molecule is CCCCCc1c[nH]c(N2CCCCC2)n1. The summed E-state index contributed by atoms with van der Waals surface area (Å²) in [5.41, 5.74) is 1.23. The Morgan fingerprint density at radius 3 is 2.81 bits per heavy atom. The van der Waals surface area contributed by atoms with Gasteiger partial charge >= 0.3 is 0 Å². The number of hydrogen-bond donors (Lipinski definition) is 1. The number of unbranched alkanes of at least 4 members (excludes halogenated alkanes) is 2. The molecule has 0 bridgehead atoms. The van der Waals surface area contributed by atoms with Gasteiger partial charge in [0.1, 0.15) is 0 Å². The Morgan fingerprint density at radius 1 is 1.25 bits per heavy atom. The van der Waals surface area contributed by atoms with Gasteiger partial charge in [0.25, 0.3) is 0 Å². The number of aromatic amines is 1. The van der Waals surface area contributed by atoms with Gasteiger partial charge in [0, 0.05) is 19.3 Å². The van der Waals surface area contributed by atoms with Crippen LogP contribution in [0.4, 0.5) is 5.95 Å². The molecular formula is C13H23N3. The highest BCUT2D eigenvalue weighted by Gasteiger charge is 2.13. The molecule has 1 aromatic rings. The van der Waals surface area contributed by atoms with Crippen LogP contribution < -0.4 is 4.90 Å². The largest absolute Gasteiger partial charge is 0.342 e. The first kappa shape index (κ1) is 11.5. The number of aryl methyl sites for hydroxylation is 1. The topological polar surface area (TPSA) is 31.9 Å². The van der Waals surface area contributed by atoms with Crippen LogP contribution in [0, 0.1) is 0 Å². The minimum Gasteiger partial charge on any atom is -0.342 e. The molecule has 0 radical (unpaired) electrons. The van der Waals surface area contributed by atoms with E-state index in [4.69, 9.17) is 0 Å². The van der Waals surface area contributed by atoms with E-state index >= 15 is 0 Å². The van der Waals surface area contributed by atoms with E-state index < -0.39 is 0 Å². The maximum Gasteiger partial charge on any atom is 0.203 e. The third kappa shape index (κ3) is 3.00.